The van der Waals surface area contributed by atoms with E-state index in [4.69, 9.17) is 11.5 Å². The Morgan fingerprint density at radius 2 is 1.89 bits per heavy atom. The molecular formula is C12H24N4O2. The van der Waals surface area contributed by atoms with Gasteiger partial charge in [-0.2, -0.15) is 0 Å². The molecule has 2 amide bonds. The highest BCUT2D eigenvalue weighted by Gasteiger charge is 2.27. The van der Waals surface area contributed by atoms with E-state index in [1.165, 1.54) is 0 Å². The van der Waals surface area contributed by atoms with Gasteiger partial charge in [0.15, 0.2) is 0 Å². The molecule has 4 N–H and O–H groups in total. The van der Waals surface area contributed by atoms with Crippen molar-refractivity contribution in [1.82, 2.24) is 9.80 Å². The third-order valence-corrected chi connectivity index (χ3v) is 3.29. The van der Waals surface area contributed by atoms with E-state index in [1.54, 1.807) is 4.90 Å². The molecule has 1 atom stereocenters. The molecule has 1 rings (SSSR count). The van der Waals surface area contributed by atoms with Crippen LogP contribution in [-0.4, -0.2) is 61.4 Å². The molecule has 1 unspecified atom stereocenters. The van der Waals surface area contributed by atoms with E-state index in [9.17, 15) is 9.59 Å². The number of likely N-dealkylation sites (tertiary alicyclic amines) is 1. The molecule has 0 aliphatic carbocycles. The zero-order valence-electron chi connectivity index (χ0n) is 11.3. The summed E-state index contributed by atoms with van der Waals surface area (Å²) in [6, 6.07) is -0.784. The van der Waals surface area contributed by atoms with Crippen molar-refractivity contribution in [3.63, 3.8) is 0 Å². The van der Waals surface area contributed by atoms with E-state index in [0.29, 0.717) is 5.92 Å². The first-order valence-electron chi connectivity index (χ1n) is 6.37. The predicted molar refractivity (Wildman–Crippen MR) is 69.6 cm³/mol. The van der Waals surface area contributed by atoms with Crippen LogP contribution in [0.2, 0.25) is 0 Å². The van der Waals surface area contributed by atoms with Gasteiger partial charge in [0.25, 0.3) is 0 Å². The highest BCUT2D eigenvalue weighted by atomic mass is 16.2. The Labute approximate surface area is 108 Å². The normalized spacial score (nSPS) is 19.0. The Hall–Kier alpha value is -1.14. The third kappa shape index (κ3) is 4.62. The lowest BCUT2D eigenvalue weighted by Gasteiger charge is -2.34. The number of rotatable bonds is 5. The van der Waals surface area contributed by atoms with Crippen molar-refractivity contribution in [1.29, 1.82) is 0 Å². The SMILES string of the molecule is CN(C)CC1CCN(C(=O)C(N)CC(N)=O)CC1. The van der Waals surface area contributed by atoms with E-state index >= 15 is 0 Å². The van der Waals surface area contributed by atoms with Gasteiger partial charge in [0.1, 0.15) is 0 Å². The van der Waals surface area contributed by atoms with Crippen molar-refractivity contribution in [3.8, 4) is 0 Å². The molecule has 0 bridgehead atoms. The van der Waals surface area contributed by atoms with Crippen LogP contribution < -0.4 is 11.5 Å². The minimum absolute atomic E-state index is 0.0730. The van der Waals surface area contributed by atoms with Crippen molar-refractivity contribution < 1.29 is 9.59 Å². The summed E-state index contributed by atoms with van der Waals surface area (Å²) in [7, 11) is 4.11. The maximum atomic E-state index is 11.9. The fourth-order valence-corrected chi connectivity index (χ4v) is 2.39. The molecular weight excluding hydrogens is 232 g/mol. The number of primary amides is 1. The highest BCUT2D eigenvalue weighted by molar-refractivity contribution is 5.87. The molecule has 1 saturated heterocycles. The van der Waals surface area contributed by atoms with Gasteiger partial charge in [0.05, 0.1) is 12.5 Å². The van der Waals surface area contributed by atoms with Crippen molar-refractivity contribution in [2.75, 3.05) is 33.7 Å². The van der Waals surface area contributed by atoms with E-state index < -0.39 is 11.9 Å². The molecule has 0 saturated carbocycles. The lowest BCUT2D eigenvalue weighted by molar-refractivity contribution is -0.136. The highest BCUT2D eigenvalue weighted by Crippen LogP contribution is 2.18. The molecule has 18 heavy (non-hydrogen) atoms. The lowest BCUT2D eigenvalue weighted by atomic mass is 9.96. The van der Waals surface area contributed by atoms with Gasteiger partial charge in [-0.1, -0.05) is 0 Å². The molecule has 0 aromatic carbocycles. The number of amides is 2. The summed E-state index contributed by atoms with van der Waals surface area (Å²) in [5.41, 5.74) is 10.7. The molecule has 6 heteroatoms. The summed E-state index contributed by atoms with van der Waals surface area (Å²) in [6.07, 6.45) is 1.91. The molecule has 1 aliphatic heterocycles. The summed E-state index contributed by atoms with van der Waals surface area (Å²) < 4.78 is 0. The number of piperidine rings is 1. The summed E-state index contributed by atoms with van der Waals surface area (Å²) in [5.74, 6) is -0.0492. The van der Waals surface area contributed by atoms with Crippen molar-refractivity contribution in [2.45, 2.75) is 25.3 Å². The summed E-state index contributed by atoms with van der Waals surface area (Å²) >= 11 is 0. The number of nitrogens with zero attached hydrogens (tertiary/aromatic N) is 2. The Morgan fingerprint density at radius 3 is 2.33 bits per heavy atom. The van der Waals surface area contributed by atoms with E-state index in [0.717, 1.165) is 32.5 Å². The Kier molecular flexibility index (Phi) is 5.55. The first kappa shape index (κ1) is 14.9. The average molecular weight is 256 g/mol. The molecule has 0 radical (unpaired) electrons. The predicted octanol–water partition coefficient (Wildman–Crippen LogP) is -1.01. The maximum absolute atomic E-state index is 11.9. The molecule has 104 valence electrons. The van der Waals surface area contributed by atoms with Crippen LogP contribution in [0.3, 0.4) is 0 Å². The second kappa shape index (κ2) is 6.70. The van der Waals surface area contributed by atoms with Crippen LogP contribution in [0.15, 0.2) is 0 Å². The van der Waals surface area contributed by atoms with Crippen LogP contribution in [0.1, 0.15) is 19.3 Å². The van der Waals surface area contributed by atoms with Gasteiger partial charge in [-0.3, -0.25) is 9.59 Å². The van der Waals surface area contributed by atoms with Gasteiger partial charge in [0.2, 0.25) is 11.8 Å². The van der Waals surface area contributed by atoms with Crippen molar-refractivity contribution in [3.05, 3.63) is 0 Å². The van der Waals surface area contributed by atoms with Gasteiger partial charge < -0.3 is 21.3 Å². The third-order valence-electron chi connectivity index (χ3n) is 3.29. The number of nitrogens with two attached hydrogens (primary N) is 2. The zero-order chi connectivity index (χ0) is 13.7. The quantitative estimate of drug-likeness (QED) is 0.659. The van der Waals surface area contributed by atoms with Crippen molar-refractivity contribution in [2.24, 2.45) is 17.4 Å². The first-order chi connectivity index (χ1) is 8.40. The number of carbonyl (C=O) groups is 2. The molecule has 1 heterocycles. The smallest absolute Gasteiger partial charge is 0.240 e. The second-order valence-electron chi connectivity index (χ2n) is 5.31. The van der Waals surface area contributed by atoms with Crippen LogP contribution in [0.4, 0.5) is 0 Å². The summed E-state index contributed by atoms with van der Waals surface area (Å²) in [6.45, 7) is 2.50. The van der Waals surface area contributed by atoms with Crippen LogP contribution in [0.5, 0.6) is 0 Å². The van der Waals surface area contributed by atoms with Gasteiger partial charge in [-0.05, 0) is 32.9 Å². The van der Waals surface area contributed by atoms with Gasteiger partial charge in [-0.15, -0.1) is 0 Å². The summed E-state index contributed by atoms with van der Waals surface area (Å²) in [4.78, 5) is 26.6. The van der Waals surface area contributed by atoms with E-state index in [1.807, 2.05) is 0 Å². The standard InChI is InChI=1S/C12H24N4O2/c1-15(2)8-9-3-5-16(6-4-9)12(18)10(13)7-11(14)17/h9-10H,3-8,13H2,1-2H3,(H2,14,17). The lowest BCUT2D eigenvalue weighted by Crippen LogP contribution is -2.49. The van der Waals surface area contributed by atoms with E-state index in [-0.39, 0.29) is 12.3 Å². The molecule has 0 aromatic rings. The monoisotopic (exact) mass is 256 g/mol. The average Bonchev–Trinajstić information content (AvgIpc) is 2.27. The van der Waals surface area contributed by atoms with Crippen LogP contribution in [0.25, 0.3) is 0 Å². The zero-order valence-corrected chi connectivity index (χ0v) is 11.3. The first-order valence-corrected chi connectivity index (χ1v) is 6.37. The minimum Gasteiger partial charge on any atom is -0.370 e. The molecule has 6 nitrogen and oxygen atoms in total. The van der Waals surface area contributed by atoms with Crippen LogP contribution >= 0.6 is 0 Å². The fourth-order valence-electron chi connectivity index (χ4n) is 2.39. The van der Waals surface area contributed by atoms with Crippen LogP contribution in [-0.2, 0) is 9.59 Å². The Balaban J connectivity index is 2.38. The largest absolute Gasteiger partial charge is 0.370 e. The van der Waals surface area contributed by atoms with Gasteiger partial charge in [-0.25, -0.2) is 0 Å². The molecule has 1 aliphatic rings. The molecule has 0 spiro atoms. The number of hydrogen-bond donors (Lipinski definition) is 2. The van der Waals surface area contributed by atoms with Crippen LogP contribution in [0, 0.1) is 5.92 Å². The molecule has 0 aromatic heterocycles. The fraction of sp³-hybridized carbons (Fsp3) is 0.833. The van der Waals surface area contributed by atoms with Gasteiger partial charge >= 0.3 is 0 Å². The number of carbonyl (C=O) groups excluding carboxylic acids is 2. The number of hydrogen-bond acceptors (Lipinski definition) is 4. The molecule has 1 fully saturated rings. The minimum atomic E-state index is -0.784. The topological polar surface area (TPSA) is 92.7 Å². The van der Waals surface area contributed by atoms with Crippen molar-refractivity contribution >= 4 is 11.8 Å². The second-order valence-corrected chi connectivity index (χ2v) is 5.31. The summed E-state index contributed by atoms with van der Waals surface area (Å²) in [5, 5.41) is 0. The maximum Gasteiger partial charge on any atom is 0.240 e. The Morgan fingerprint density at radius 1 is 1.33 bits per heavy atom. The Bertz CT molecular complexity index is 298. The van der Waals surface area contributed by atoms with Gasteiger partial charge in [0, 0.05) is 19.6 Å². The van der Waals surface area contributed by atoms with E-state index in [2.05, 4.69) is 19.0 Å².